The summed E-state index contributed by atoms with van der Waals surface area (Å²) in [5, 5.41) is 2.79. The maximum absolute atomic E-state index is 12.8. The summed E-state index contributed by atoms with van der Waals surface area (Å²) in [5.41, 5.74) is 3.39. The number of benzene rings is 2. The first-order chi connectivity index (χ1) is 11.5. The third-order valence-corrected chi connectivity index (χ3v) is 3.92. The van der Waals surface area contributed by atoms with Crippen molar-refractivity contribution in [2.75, 3.05) is 16.8 Å². The standard InChI is InChI=1S/C19H17FN2O2/c1-13(23)22-11-10-15-12-17(7-8-18(15)22)21-19(24)9-4-14-2-5-16(20)6-3-14/h2-9,12H,10-11H2,1H3,(H,21,24)/b9-4+. The molecule has 1 N–H and O–H groups in total. The molecule has 0 aliphatic carbocycles. The minimum Gasteiger partial charge on any atom is -0.323 e. The maximum atomic E-state index is 12.8. The number of anilines is 2. The van der Waals surface area contributed by atoms with Crippen molar-refractivity contribution in [2.24, 2.45) is 0 Å². The molecule has 24 heavy (non-hydrogen) atoms. The molecule has 0 aromatic heterocycles. The number of hydrogen-bond acceptors (Lipinski definition) is 2. The first kappa shape index (κ1) is 15.9. The lowest BCUT2D eigenvalue weighted by atomic mass is 10.1. The summed E-state index contributed by atoms with van der Waals surface area (Å²) in [5.74, 6) is -0.553. The minimum atomic E-state index is -0.311. The van der Waals surface area contributed by atoms with Crippen LogP contribution >= 0.6 is 0 Å². The maximum Gasteiger partial charge on any atom is 0.248 e. The van der Waals surface area contributed by atoms with Gasteiger partial charge in [0.15, 0.2) is 0 Å². The second-order valence-corrected chi connectivity index (χ2v) is 5.64. The molecule has 0 saturated carbocycles. The van der Waals surface area contributed by atoms with Gasteiger partial charge in [0.1, 0.15) is 5.82 Å². The average molecular weight is 324 g/mol. The van der Waals surface area contributed by atoms with E-state index in [1.54, 1.807) is 36.1 Å². The zero-order valence-corrected chi connectivity index (χ0v) is 13.3. The van der Waals surface area contributed by atoms with Gasteiger partial charge in [0, 0.05) is 30.9 Å². The van der Waals surface area contributed by atoms with Crippen LogP contribution in [-0.4, -0.2) is 18.4 Å². The summed E-state index contributed by atoms with van der Waals surface area (Å²) in [7, 11) is 0. The van der Waals surface area contributed by atoms with E-state index >= 15 is 0 Å². The van der Waals surface area contributed by atoms with Crippen molar-refractivity contribution < 1.29 is 14.0 Å². The van der Waals surface area contributed by atoms with Crippen LogP contribution in [0.2, 0.25) is 0 Å². The molecule has 122 valence electrons. The highest BCUT2D eigenvalue weighted by Crippen LogP contribution is 2.30. The van der Waals surface area contributed by atoms with E-state index in [1.165, 1.54) is 18.2 Å². The molecule has 1 aliphatic rings. The van der Waals surface area contributed by atoms with Crippen molar-refractivity contribution >= 4 is 29.3 Å². The largest absolute Gasteiger partial charge is 0.323 e. The van der Waals surface area contributed by atoms with Crippen LogP contribution in [-0.2, 0) is 16.0 Å². The quantitative estimate of drug-likeness (QED) is 0.880. The van der Waals surface area contributed by atoms with Gasteiger partial charge in [0.25, 0.3) is 0 Å². The Bertz CT molecular complexity index is 813. The Morgan fingerprint density at radius 3 is 2.62 bits per heavy atom. The van der Waals surface area contributed by atoms with Crippen LogP contribution in [0, 0.1) is 5.82 Å². The topological polar surface area (TPSA) is 49.4 Å². The third-order valence-electron chi connectivity index (χ3n) is 3.92. The molecule has 0 spiro atoms. The number of nitrogens with zero attached hydrogens (tertiary/aromatic N) is 1. The average Bonchev–Trinajstić information content (AvgIpc) is 2.97. The SMILES string of the molecule is CC(=O)N1CCc2cc(NC(=O)/C=C/c3ccc(F)cc3)ccc21. The van der Waals surface area contributed by atoms with Crippen molar-refractivity contribution in [1.29, 1.82) is 0 Å². The molecule has 3 rings (SSSR count). The monoisotopic (exact) mass is 324 g/mol. The molecule has 1 heterocycles. The summed E-state index contributed by atoms with van der Waals surface area (Å²) in [4.78, 5) is 25.3. The lowest BCUT2D eigenvalue weighted by molar-refractivity contribution is -0.116. The van der Waals surface area contributed by atoms with Crippen LogP contribution < -0.4 is 10.2 Å². The van der Waals surface area contributed by atoms with Gasteiger partial charge in [0.05, 0.1) is 0 Å². The van der Waals surface area contributed by atoms with Gasteiger partial charge in [-0.1, -0.05) is 12.1 Å². The second kappa shape index (κ2) is 6.66. The molecule has 2 aromatic carbocycles. The van der Waals surface area contributed by atoms with Gasteiger partial charge >= 0.3 is 0 Å². The van der Waals surface area contributed by atoms with Crippen molar-refractivity contribution in [3.8, 4) is 0 Å². The van der Waals surface area contributed by atoms with Crippen LogP contribution in [0.25, 0.3) is 6.08 Å². The van der Waals surface area contributed by atoms with E-state index in [-0.39, 0.29) is 17.6 Å². The van der Waals surface area contributed by atoms with E-state index in [9.17, 15) is 14.0 Å². The van der Waals surface area contributed by atoms with Crippen molar-refractivity contribution in [2.45, 2.75) is 13.3 Å². The highest BCUT2D eigenvalue weighted by Gasteiger charge is 2.22. The summed E-state index contributed by atoms with van der Waals surface area (Å²) >= 11 is 0. The van der Waals surface area contributed by atoms with Gasteiger partial charge in [-0.25, -0.2) is 4.39 Å². The smallest absolute Gasteiger partial charge is 0.248 e. The minimum absolute atomic E-state index is 0.0211. The molecule has 2 amide bonds. The highest BCUT2D eigenvalue weighted by atomic mass is 19.1. The van der Waals surface area contributed by atoms with Gasteiger partial charge in [-0.3, -0.25) is 9.59 Å². The van der Waals surface area contributed by atoms with Gasteiger partial charge in [-0.2, -0.15) is 0 Å². The van der Waals surface area contributed by atoms with Crippen LogP contribution in [0.5, 0.6) is 0 Å². The fourth-order valence-electron chi connectivity index (χ4n) is 2.74. The number of fused-ring (bicyclic) bond motifs is 1. The number of halogens is 1. The van der Waals surface area contributed by atoms with E-state index in [2.05, 4.69) is 5.32 Å². The molecular formula is C19H17FN2O2. The Labute approximate surface area is 139 Å². The molecule has 0 fully saturated rings. The number of rotatable bonds is 3. The summed E-state index contributed by atoms with van der Waals surface area (Å²) in [6.45, 7) is 2.22. The Kier molecular flexibility index (Phi) is 4.42. The highest BCUT2D eigenvalue weighted by molar-refractivity contribution is 6.02. The number of amides is 2. The number of nitrogens with one attached hydrogen (secondary N) is 1. The third kappa shape index (κ3) is 3.51. The number of hydrogen-bond donors (Lipinski definition) is 1. The van der Waals surface area contributed by atoms with Gasteiger partial charge in [-0.05, 0) is 54.0 Å². The zero-order chi connectivity index (χ0) is 17.1. The molecule has 0 unspecified atom stereocenters. The molecule has 0 radical (unpaired) electrons. The van der Waals surface area contributed by atoms with Crippen LogP contribution in [0.1, 0.15) is 18.1 Å². The van der Waals surface area contributed by atoms with E-state index in [1.807, 2.05) is 12.1 Å². The molecule has 5 heteroatoms. The number of carbonyl (C=O) groups is 2. The van der Waals surface area contributed by atoms with Crippen LogP contribution in [0.4, 0.5) is 15.8 Å². The zero-order valence-electron chi connectivity index (χ0n) is 13.3. The first-order valence-electron chi connectivity index (χ1n) is 7.68. The van der Waals surface area contributed by atoms with Gasteiger partial charge < -0.3 is 10.2 Å². The molecule has 0 atom stereocenters. The Morgan fingerprint density at radius 1 is 1.17 bits per heavy atom. The van der Waals surface area contributed by atoms with E-state index in [4.69, 9.17) is 0 Å². The molecule has 4 nitrogen and oxygen atoms in total. The van der Waals surface area contributed by atoms with Crippen LogP contribution in [0.3, 0.4) is 0 Å². The molecule has 0 saturated heterocycles. The lowest BCUT2D eigenvalue weighted by Crippen LogP contribution is -2.25. The molecule has 1 aliphatic heterocycles. The van der Waals surface area contributed by atoms with Crippen LogP contribution in [0.15, 0.2) is 48.5 Å². The Balaban J connectivity index is 1.67. The normalized spacial score (nSPS) is 13.2. The molecule has 2 aromatic rings. The Morgan fingerprint density at radius 2 is 1.92 bits per heavy atom. The summed E-state index contributed by atoms with van der Waals surface area (Å²) in [6.07, 6.45) is 3.81. The molecular weight excluding hydrogens is 307 g/mol. The van der Waals surface area contributed by atoms with E-state index < -0.39 is 0 Å². The summed E-state index contributed by atoms with van der Waals surface area (Å²) < 4.78 is 12.8. The molecule has 0 bridgehead atoms. The number of carbonyl (C=O) groups excluding carboxylic acids is 2. The van der Waals surface area contributed by atoms with E-state index in [0.29, 0.717) is 12.2 Å². The predicted molar refractivity (Wildman–Crippen MR) is 92.2 cm³/mol. The van der Waals surface area contributed by atoms with Gasteiger partial charge in [-0.15, -0.1) is 0 Å². The second-order valence-electron chi connectivity index (χ2n) is 5.64. The van der Waals surface area contributed by atoms with E-state index in [0.717, 1.165) is 23.2 Å². The lowest BCUT2D eigenvalue weighted by Gasteiger charge is -2.14. The fraction of sp³-hybridized carbons (Fsp3) is 0.158. The predicted octanol–water partition coefficient (Wildman–Crippen LogP) is 3.39. The van der Waals surface area contributed by atoms with Crippen molar-refractivity contribution in [3.05, 3.63) is 65.5 Å². The van der Waals surface area contributed by atoms with Crippen molar-refractivity contribution in [3.63, 3.8) is 0 Å². The van der Waals surface area contributed by atoms with Gasteiger partial charge in [0.2, 0.25) is 11.8 Å². The first-order valence-corrected chi connectivity index (χ1v) is 7.68. The Hall–Kier alpha value is -2.95. The fourth-order valence-corrected chi connectivity index (χ4v) is 2.74. The summed E-state index contributed by atoms with van der Waals surface area (Å²) in [6, 6.07) is 11.4. The van der Waals surface area contributed by atoms with Crippen molar-refractivity contribution in [1.82, 2.24) is 0 Å².